The zero-order chi connectivity index (χ0) is 24.3. The van der Waals surface area contributed by atoms with E-state index in [4.69, 9.17) is 11.2 Å². The molecule has 0 radical (unpaired) electrons. The molecule has 4 heteroatoms. The first kappa shape index (κ1) is 22.5. The quantitative estimate of drug-likeness (QED) is 0.339. The van der Waals surface area contributed by atoms with Gasteiger partial charge in [-0.05, 0) is 34.9 Å². The van der Waals surface area contributed by atoms with Gasteiger partial charge in [0.1, 0.15) is 18.4 Å². The summed E-state index contributed by atoms with van der Waals surface area (Å²) in [4.78, 5) is 15.4. The van der Waals surface area contributed by atoms with Crippen LogP contribution in [0.4, 0.5) is 5.69 Å². The van der Waals surface area contributed by atoms with Crippen LogP contribution in [0.5, 0.6) is 5.75 Å². The summed E-state index contributed by atoms with van der Waals surface area (Å²) in [7, 11) is 1.76. The number of terminal acetylenes is 1. The van der Waals surface area contributed by atoms with Gasteiger partial charge in [0.15, 0.2) is 0 Å². The Balaban J connectivity index is 1.65. The predicted molar refractivity (Wildman–Crippen MR) is 139 cm³/mol. The maximum absolute atomic E-state index is 13.8. The topological polar surface area (TPSA) is 41.6 Å². The highest BCUT2D eigenvalue weighted by molar-refractivity contribution is 5.99. The van der Waals surface area contributed by atoms with Crippen LogP contribution in [0.15, 0.2) is 109 Å². The highest BCUT2D eigenvalue weighted by atomic mass is 16.5. The molecule has 4 aromatic rings. The van der Waals surface area contributed by atoms with Crippen molar-refractivity contribution in [1.82, 2.24) is 5.32 Å². The molecule has 1 heterocycles. The van der Waals surface area contributed by atoms with Crippen LogP contribution in [0.3, 0.4) is 0 Å². The number of likely N-dealkylation sites (N-methyl/N-ethyl adjacent to an activating group) is 1. The second kappa shape index (κ2) is 9.50. The van der Waals surface area contributed by atoms with Gasteiger partial charge in [0.05, 0.1) is 11.2 Å². The maximum atomic E-state index is 13.8. The van der Waals surface area contributed by atoms with Gasteiger partial charge in [0.25, 0.3) is 0 Å². The van der Waals surface area contributed by atoms with Gasteiger partial charge in [-0.3, -0.25) is 10.1 Å². The summed E-state index contributed by atoms with van der Waals surface area (Å²) < 4.78 is 6.16. The van der Waals surface area contributed by atoms with Gasteiger partial charge in [0, 0.05) is 12.6 Å². The van der Waals surface area contributed by atoms with Crippen molar-refractivity contribution in [3.8, 4) is 18.1 Å². The monoisotopic (exact) mass is 458 g/mol. The Bertz CT molecular complexity index is 1270. The van der Waals surface area contributed by atoms with Crippen LogP contribution in [-0.2, 0) is 10.3 Å². The predicted octanol–water partition coefficient (Wildman–Crippen LogP) is 4.97. The lowest BCUT2D eigenvalue weighted by atomic mass is 9.76. The van der Waals surface area contributed by atoms with E-state index in [0.717, 1.165) is 16.7 Å². The normalized spacial score (nSPS) is 15.5. The Morgan fingerprint density at radius 3 is 1.86 bits per heavy atom. The molecule has 0 spiro atoms. The first-order chi connectivity index (χ1) is 17.1. The molecule has 0 bridgehead atoms. The molecule has 1 aliphatic heterocycles. The van der Waals surface area contributed by atoms with Gasteiger partial charge in [-0.15, -0.1) is 6.42 Å². The zero-order valence-corrected chi connectivity index (χ0v) is 19.5. The van der Waals surface area contributed by atoms with E-state index >= 15 is 0 Å². The summed E-state index contributed by atoms with van der Waals surface area (Å²) in [5, 5.41) is 3.75. The lowest BCUT2D eigenvalue weighted by Crippen LogP contribution is -2.56. The van der Waals surface area contributed by atoms with Gasteiger partial charge in [-0.25, -0.2) is 0 Å². The van der Waals surface area contributed by atoms with Gasteiger partial charge >= 0.3 is 0 Å². The molecule has 172 valence electrons. The molecular formula is C31H26N2O2. The molecule has 35 heavy (non-hydrogen) atoms. The van der Waals surface area contributed by atoms with Crippen molar-refractivity contribution in [3.63, 3.8) is 0 Å². The zero-order valence-electron chi connectivity index (χ0n) is 19.5. The van der Waals surface area contributed by atoms with E-state index in [0.29, 0.717) is 17.0 Å². The third-order valence-corrected chi connectivity index (χ3v) is 6.53. The fourth-order valence-corrected chi connectivity index (χ4v) is 4.77. The minimum Gasteiger partial charge on any atom is -0.489 e. The number of hydrogen-bond acceptors (Lipinski definition) is 3. The molecule has 5 rings (SSSR count). The van der Waals surface area contributed by atoms with E-state index in [-0.39, 0.29) is 12.5 Å². The summed E-state index contributed by atoms with van der Waals surface area (Å²) in [5.74, 6) is 3.18. The smallest absolute Gasteiger partial charge is 0.247 e. The van der Waals surface area contributed by atoms with Crippen LogP contribution < -0.4 is 15.0 Å². The molecule has 0 aliphatic carbocycles. The van der Waals surface area contributed by atoms with Crippen LogP contribution in [0.1, 0.15) is 22.3 Å². The van der Waals surface area contributed by atoms with Gasteiger partial charge in [-0.1, -0.05) is 96.9 Å². The molecule has 4 nitrogen and oxygen atoms in total. The number of rotatable bonds is 5. The van der Waals surface area contributed by atoms with Crippen molar-refractivity contribution in [2.45, 2.75) is 11.6 Å². The van der Waals surface area contributed by atoms with Crippen molar-refractivity contribution in [1.29, 1.82) is 0 Å². The number of carbonyl (C=O) groups excluding carboxylic acids is 1. The number of nitrogens with one attached hydrogen (secondary N) is 1. The molecule has 1 N–H and O–H groups in total. The van der Waals surface area contributed by atoms with E-state index in [9.17, 15) is 4.79 Å². The Hall–Kier alpha value is -4.33. The van der Waals surface area contributed by atoms with Gasteiger partial charge < -0.3 is 9.64 Å². The molecule has 0 unspecified atom stereocenters. The second-order valence-corrected chi connectivity index (χ2v) is 8.58. The molecule has 0 fully saturated rings. The fraction of sp³-hybridized carbons (Fsp3) is 0.129. The number of nitrogens with zero attached hydrogens (tertiary/aromatic N) is 1. The lowest BCUT2D eigenvalue weighted by molar-refractivity contribution is -0.121. The number of hydrogen-bond donors (Lipinski definition) is 1. The van der Waals surface area contributed by atoms with Crippen LogP contribution >= 0.6 is 0 Å². The average Bonchev–Trinajstić information content (AvgIpc) is 3.04. The van der Waals surface area contributed by atoms with E-state index in [1.165, 1.54) is 0 Å². The molecule has 1 aliphatic rings. The standard InChI is InChI=1S/C31H26N2O2/c1-3-23-19-20-29-28(21-23)33(2)30(34)27(22-35-29)32-31(24-13-7-4-8-14-24,25-15-9-5-10-16-25)26-17-11-6-12-18-26/h1,4-21,27,32H,22H2,2H3/t27-/m0/s1. The fourth-order valence-electron chi connectivity index (χ4n) is 4.77. The van der Waals surface area contributed by atoms with Crippen molar-refractivity contribution in [2.75, 3.05) is 18.6 Å². The molecule has 0 saturated carbocycles. The maximum Gasteiger partial charge on any atom is 0.247 e. The van der Waals surface area contributed by atoms with E-state index in [2.05, 4.69) is 47.6 Å². The SMILES string of the molecule is C#Cc1ccc2c(c1)N(C)C(=O)[C@@H](NC(c1ccccc1)(c1ccccc1)c1ccccc1)CO2. The highest BCUT2D eigenvalue weighted by Crippen LogP contribution is 2.38. The van der Waals surface area contributed by atoms with Crippen LogP contribution in [0.2, 0.25) is 0 Å². The molecule has 1 atom stereocenters. The molecule has 0 saturated heterocycles. The van der Waals surface area contributed by atoms with Gasteiger partial charge in [0.2, 0.25) is 5.91 Å². The van der Waals surface area contributed by atoms with Crippen molar-refractivity contribution < 1.29 is 9.53 Å². The number of fused-ring (bicyclic) bond motifs is 1. The Labute approximate surface area is 206 Å². The van der Waals surface area contributed by atoms with Crippen LogP contribution in [0, 0.1) is 12.3 Å². The summed E-state index contributed by atoms with van der Waals surface area (Å²) in [6.07, 6.45) is 5.60. The van der Waals surface area contributed by atoms with E-state index in [1.807, 2.05) is 72.8 Å². The minimum atomic E-state index is -0.783. The third-order valence-electron chi connectivity index (χ3n) is 6.53. The van der Waals surface area contributed by atoms with Crippen molar-refractivity contribution >= 4 is 11.6 Å². The molecular weight excluding hydrogens is 432 g/mol. The minimum absolute atomic E-state index is 0.0925. The highest BCUT2D eigenvalue weighted by Gasteiger charge is 2.41. The van der Waals surface area contributed by atoms with Crippen LogP contribution in [-0.4, -0.2) is 25.6 Å². The number of ether oxygens (including phenoxy) is 1. The molecule has 4 aromatic carbocycles. The first-order valence-electron chi connectivity index (χ1n) is 11.6. The number of amides is 1. The number of anilines is 1. The Morgan fingerprint density at radius 2 is 1.37 bits per heavy atom. The third kappa shape index (κ3) is 4.07. The van der Waals surface area contributed by atoms with E-state index < -0.39 is 11.6 Å². The van der Waals surface area contributed by atoms with Gasteiger partial charge in [-0.2, -0.15) is 0 Å². The number of carbonyl (C=O) groups is 1. The molecule has 1 amide bonds. The molecule has 0 aromatic heterocycles. The Kier molecular flexibility index (Phi) is 6.10. The summed E-state index contributed by atoms with van der Waals surface area (Å²) in [6, 6.07) is 35.5. The first-order valence-corrected chi connectivity index (χ1v) is 11.6. The van der Waals surface area contributed by atoms with Crippen LogP contribution in [0.25, 0.3) is 0 Å². The summed E-state index contributed by atoms with van der Waals surface area (Å²) in [5.41, 5.74) is 3.68. The largest absolute Gasteiger partial charge is 0.489 e. The van der Waals surface area contributed by atoms with E-state index in [1.54, 1.807) is 11.9 Å². The lowest BCUT2D eigenvalue weighted by Gasteiger charge is -2.39. The summed E-state index contributed by atoms with van der Waals surface area (Å²) >= 11 is 0. The van der Waals surface area contributed by atoms with Crippen molar-refractivity contribution in [2.24, 2.45) is 0 Å². The summed E-state index contributed by atoms with van der Waals surface area (Å²) in [6.45, 7) is 0.180. The second-order valence-electron chi connectivity index (χ2n) is 8.58. The Morgan fingerprint density at radius 1 is 0.857 bits per heavy atom. The average molecular weight is 459 g/mol. The number of benzene rings is 4. The van der Waals surface area contributed by atoms with Crippen molar-refractivity contribution in [3.05, 3.63) is 131 Å².